The first-order valence-electron chi connectivity index (χ1n) is 6.64. The van der Waals surface area contributed by atoms with Crippen molar-refractivity contribution < 1.29 is 32.7 Å². The molecule has 1 fully saturated rings. The van der Waals surface area contributed by atoms with Gasteiger partial charge in [0.05, 0.1) is 17.5 Å². The lowest BCUT2D eigenvalue weighted by Crippen LogP contribution is -2.62. The molecule has 5 N–H and O–H groups in total. The standard InChI is InChI=1S/C13H19NO7S/c1-7-2-4-8(5-3-7)22(18,19)20-6-9-11(15)12(16)10(14)13(17)21-9/h2-5,9-13,15-17H,6,14H2,1H3/t9-,10-,11-,12+,13+/m0/s1. The topological polar surface area (TPSA) is 139 Å². The van der Waals surface area contributed by atoms with Crippen molar-refractivity contribution in [2.75, 3.05) is 6.61 Å². The van der Waals surface area contributed by atoms with E-state index in [1.165, 1.54) is 12.1 Å². The van der Waals surface area contributed by atoms with Crippen LogP contribution in [0, 0.1) is 6.92 Å². The van der Waals surface area contributed by atoms with Crippen molar-refractivity contribution in [3.63, 3.8) is 0 Å². The number of rotatable bonds is 4. The highest BCUT2D eigenvalue weighted by Crippen LogP contribution is 2.21. The Kier molecular flexibility index (Phi) is 5.17. The SMILES string of the molecule is Cc1ccc(S(=O)(=O)OC[C@@H]2O[C@@H](O)[C@@H](N)[C@@H](O)[C@H]2O)cc1. The van der Waals surface area contributed by atoms with Gasteiger partial charge >= 0.3 is 0 Å². The van der Waals surface area contributed by atoms with Crippen LogP contribution in [-0.2, 0) is 19.0 Å². The molecule has 8 nitrogen and oxygen atoms in total. The normalized spacial score (nSPS) is 32.9. The van der Waals surface area contributed by atoms with Crippen LogP contribution >= 0.6 is 0 Å². The van der Waals surface area contributed by atoms with Gasteiger partial charge in [-0.2, -0.15) is 8.42 Å². The molecule has 124 valence electrons. The number of nitrogens with two attached hydrogens (primary N) is 1. The maximum Gasteiger partial charge on any atom is 0.297 e. The molecule has 5 atom stereocenters. The molecule has 22 heavy (non-hydrogen) atoms. The van der Waals surface area contributed by atoms with E-state index in [0.717, 1.165) is 5.56 Å². The Labute approximate surface area is 128 Å². The van der Waals surface area contributed by atoms with E-state index < -0.39 is 47.4 Å². The highest BCUT2D eigenvalue weighted by atomic mass is 32.2. The van der Waals surface area contributed by atoms with Gasteiger partial charge in [0.2, 0.25) is 0 Å². The fraction of sp³-hybridized carbons (Fsp3) is 0.538. The minimum Gasteiger partial charge on any atom is -0.388 e. The van der Waals surface area contributed by atoms with Crippen LogP contribution in [0.1, 0.15) is 5.56 Å². The average molecular weight is 333 g/mol. The monoisotopic (exact) mass is 333 g/mol. The molecule has 0 bridgehead atoms. The van der Waals surface area contributed by atoms with Crippen LogP contribution in [0.25, 0.3) is 0 Å². The molecule has 1 heterocycles. The van der Waals surface area contributed by atoms with Gasteiger partial charge in [-0.1, -0.05) is 17.7 Å². The number of aliphatic hydroxyl groups excluding tert-OH is 3. The second-order valence-electron chi connectivity index (χ2n) is 5.18. The van der Waals surface area contributed by atoms with Gasteiger partial charge in [-0.05, 0) is 19.1 Å². The summed E-state index contributed by atoms with van der Waals surface area (Å²) in [7, 11) is -4.03. The van der Waals surface area contributed by atoms with E-state index >= 15 is 0 Å². The van der Waals surface area contributed by atoms with E-state index in [-0.39, 0.29) is 4.90 Å². The largest absolute Gasteiger partial charge is 0.388 e. The summed E-state index contributed by atoms with van der Waals surface area (Å²) in [4.78, 5) is -0.0406. The van der Waals surface area contributed by atoms with Crippen molar-refractivity contribution in [2.45, 2.75) is 42.5 Å². The molecule has 9 heteroatoms. The summed E-state index contributed by atoms with van der Waals surface area (Å²) < 4.78 is 33.8. The van der Waals surface area contributed by atoms with Gasteiger partial charge in [0, 0.05) is 0 Å². The fourth-order valence-electron chi connectivity index (χ4n) is 2.03. The summed E-state index contributed by atoms with van der Waals surface area (Å²) >= 11 is 0. The van der Waals surface area contributed by atoms with Crippen molar-refractivity contribution in [3.8, 4) is 0 Å². The summed E-state index contributed by atoms with van der Waals surface area (Å²) in [5.41, 5.74) is 6.31. The highest BCUT2D eigenvalue weighted by Gasteiger charge is 2.42. The van der Waals surface area contributed by atoms with Crippen molar-refractivity contribution >= 4 is 10.1 Å². The summed E-state index contributed by atoms with van der Waals surface area (Å²) in [5.74, 6) is 0. The van der Waals surface area contributed by atoms with Crippen molar-refractivity contribution in [3.05, 3.63) is 29.8 Å². The summed E-state index contributed by atoms with van der Waals surface area (Å²) in [6.45, 7) is 1.26. The first-order chi connectivity index (χ1) is 10.2. The zero-order valence-electron chi connectivity index (χ0n) is 11.9. The third-order valence-corrected chi connectivity index (χ3v) is 4.76. The zero-order valence-corrected chi connectivity index (χ0v) is 12.7. The predicted molar refractivity (Wildman–Crippen MR) is 75.2 cm³/mol. The van der Waals surface area contributed by atoms with E-state index in [2.05, 4.69) is 0 Å². The molecular formula is C13H19NO7S. The maximum absolute atomic E-state index is 12.0. The van der Waals surface area contributed by atoms with Gasteiger partial charge in [-0.15, -0.1) is 0 Å². The molecule has 2 rings (SSSR count). The quantitative estimate of drug-likeness (QED) is 0.487. The van der Waals surface area contributed by atoms with Crippen LogP contribution in [-0.4, -0.2) is 61.0 Å². The summed E-state index contributed by atoms with van der Waals surface area (Å²) in [5, 5.41) is 28.9. The number of benzene rings is 1. The van der Waals surface area contributed by atoms with Gasteiger partial charge in [-0.25, -0.2) is 0 Å². The van der Waals surface area contributed by atoms with E-state index in [1.54, 1.807) is 12.1 Å². The number of aryl methyl sites for hydroxylation is 1. The molecule has 0 aromatic heterocycles. The van der Waals surface area contributed by atoms with Crippen LogP contribution in [0.4, 0.5) is 0 Å². The second kappa shape index (κ2) is 6.59. The molecule has 0 saturated carbocycles. The predicted octanol–water partition coefficient (Wildman–Crippen LogP) is -1.53. The van der Waals surface area contributed by atoms with Crippen molar-refractivity contribution in [1.82, 2.24) is 0 Å². The average Bonchev–Trinajstić information content (AvgIpc) is 2.48. The Balaban J connectivity index is 2.04. The first kappa shape index (κ1) is 17.3. The lowest BCUT2D eigenvalue weighted by Gasteiger charge is -2.38. The number of hydrogen-bond acceptors (Lipinski definition) is 8. The summed E-state index contributed by atoms with van der Waals surface area (Å²) in [6.07, 6.45) is -5.65. The number of aliphatic hydroxyl groups is 3. The van der Waals surface area contributed by atoms with E-state index in [4.69, 9.17) is 14.7 Å². The lowest BCUT2D eigenvalue weighted by molar-refractivity contribution is -0.246. The van der Waals surface area contributed by atoms with Crippen molar-refractivity contribution in [1.29, 1.82) is 0 Å². The number of hydrogen-bond donors (Lipinski definition) is 4. The van der Waals surface area contributed by atoms with Gasteiger partial charge in [0.15, 0.2) is 6.29 Å². The molecular weight excluding hydrogens is 314 g/mol. The molecule has 0 aliphatic carbocycles. The first-order valence-corrected chi connectivity index (χ1v) is 8.04. The number of ether oxygens (including phenoxy) is 1. The third-order valence-electron chi connectivity index (χ3n) is 3.47. The van der Waals surface area contributed by atoms with E-state index in [1.807, 2.05) is 6.92 Å². The Morgan fingerprint density at radius 1 is 1.18 bits per heavy atom. The second-order valence-corrected chi connectivity index (χ2v) is 6.79. The minimum atomic E-state index is -4.03. The van der Waals surface area contributed by atoms with Crippen molar-refractivity contribution in [2.24, 2.45) is 5.73 Å². The molecule has 1 aromatic carbocycles. The molecule has 0 amide bonds. The van der Waals surface area contributed by atoms with Crippen LogP contribution in [0.5, 0.6) is 0 Å². The fourth-order valence-corrected chi connectivity index (χ4v) is 2.95. The molecule has 1 aliphatic rings. The van der Waals surface area contributed by atoms with Crippen LogP contribution < -0.4 is 5.73 Å². The van der Waals surface area contributed by atoms with Crippen LogP contribution in [0.3, 0.4) is 0 Å². The smallest absolute Gasteiger partial charge is 0.297 e. The van der Waals surface area contributed by atoms with E-state index in [9.17, 15) is 23.7 Å². The van der Waals surface area contributed by atoms with Gasteiger partial charge in [0.1, 0.15) is 18.3 Å². The Morgan fingerprint density at radius 3 is 2.36 bits per heavy atom. The maximum atomic E-state index is 12.0. The minimum absolute atomic E-state index is 0.0406. The van der Waals surface area contributed by atoms with Gasteiger partial charge in [0.25, 0.3) is 10.1 Å². The van der Waals surface area contributed by atoms with Gasteiger partial charge < -0.3 is 25.8 Å². The van der Waals surface area contributed by atoms with Gasteiger partial charge in [-0.3, -0.25) is 4.18 Å². The zero-order chi connectivity index (χ0) is 16.5. The Morgan fingerprint density at radius 2 is 1.77 bits per heavy atom. The Hall–Kier alpha value is -1.07. The molecule has 0 unspecified atom stereocenters. The van der Waals surface area contributed by atoms with Crippen LogP contribution in [0.2, 0.25) is 0 Å². The Bertz CT molecular complexity index is 603. The molecule has 1 aliphatic heterocycles. The third kappa shape index (κ3) is 3.63. The molecule has 0 radical (unpaired) electrons. The highest BCUT2D eigenvalue weighted by molar-refractivity contribution is 7.86. The molecule has 1 aromatic rings. The molecule has 1 saturated heterocycles. The summed E-state index contributed by atoms with van der Waals surface area (Å²) in [6, 6.07) is 4.84. The lowest BCUT2D eigenvalue weighted by atomic mass is 9.98. The van der Waals surface area contributed by atoms with Crippen LogP contribution in [0.15, 0.2) is 29.2 Å². The molecule has 0 spiro atoms. The van der Waals surface area contributed by atoms with E-state index in [0.29, 0.717) is 0 Å².